The van der Waals surface area contributed by atoms with Crippen LogP contribution in [0, 0.1) is 17.0 Å². The number of ketones is 1. The number of nitrogens with zero attached hydrogens (tertiary/aromatic N) is 3. The molecule has 0 aliphatic carbocycles. The van der Waals surface area contributed by atoms with Crippen LogP contribution in [-0.4, -0.2) is 40.1 Å². The number of benzene rings is 2. The van der Waals surface area contributed by atoms with Gasteiger partial charge in [-0.15, -0.1) is 0 Å². The Labute approximate surface area is 189 Å². The lowest BCUT2D eigenvalue weighted by atomic mass is 10.1. The summed E-state index contributed by atoms with van der Waals surface area (Å²) in [6, 6.07) is 12.3. The second kappa shape index (κ2) is 10.2. The Morgan fingerprint density at radius 1 is 1.21 bits per heavy atom. The van der Waals surface area contributed by atoms with E-state index in [9.17, 15) is 19.7 Å². The summed E-state index contributed by atoms with van der Waals surface area (Å²) in [5.41, 5.74) is 1.62. The van der Waals surface area contributed by atoms with E-state index in [0.717, 1.165) is 5.56 Å². The first-order valence-electron chi connectivity index (χ1n) is 9.85. The van der Waals surface area contributed by atoms with Gasteiger partial charge in [-0.2, -0.15) is 5.10 Å². The molecule has 0 bridgehead atoms. The normalized spacial score (nSPS) is 10.8. The fourth-order valence-electron chi connectivity index (χ4n) is 2.99. The van der Waals surface area contributed by atoms with Gasteiger partial charge in [0.15, 0.2) is 18.1 Å². The third-order valence-corrected chi connectivity index (χ3v) is 4.63. The van der Waals surface area contributed by atoms with Crippen molar-refractivity contribution in [1.29, 1.82) is 0 Å². The van der Waals surface area contributed by atoms with E-state index in [2.05, 4.69) is 10.4 Å². The lowest BCUT2D eigenvalue weighted by Crippen LogP contribution is -2.20. The largest absolute Gasteiger partial charge is 0.493 e. The van der Waals surface area contributed by atoms with Crippen molar-refractivity contribution in [1.82, 2.24) is 9.78 Å². The van der Waals surface area contributed by atoms with E-state index < -0.39 is 10.7 Å². The van der Waals surface area contributed by atoms with Crippen LogP contribution in [0.1, 0.15) is 21.6 Å². The smallest absolute Gasteiger partial charge is 0.318 e. The topological polar surface area (TPSA) is 126 Å². The molecule has 33 heavy (non-hydrogen) atoms. The number of nitrogens with one attached hydrogen (secondary N) is 1. The zero-order valence-corrected chi connectivity index (χ0v) is 18.3. The van der Waals surface area contributed by atoms with Gasteiger partial charge in [0.05, 0.1) is 12.0 Å². The van der Waals surface area contributed by atoms with Crippen molar-refractivity contribution in [3.63, 3.8) is 0 Å². The number of nitro groups is 1. The number of hydrogen-bond acceptors (Lipinski definition) is 7. The molecule has 0 aliphatic heterocycles. The Balaban J connectivity index is 1.67. The quantitative estimate of drug-likeness (QED) is 0.229. The number of rotatable bonds is 9. The number of methoxy groups -OCH3 is 1. The summed E-state index contributed by atoms with van der Waals surface area (Å²) in [7, 11) is 2.95. The molecule has 2 aromatic carbocycles. The maximum atomic E-state index is 12.4. The number of para-hydroxylation sites is 1. The van der Waals surface area contributed by atoms with Gasteiger partial charge in [-0.25, -0.2) is 0 Å². The van der Waals surface area contributed by atoms with Gasteiger partial charge in [0.2, 0.25) is 11.5 Å². The Bertz CT molecular complexity index is 1230. The van der Waals surface area contributed by atoms with Gasteiger partial charge in [-0.1, -0.05) is 30.3 Å². The highest BCUT2D eigenvalue weighted by Gasteiger charge is 2.23. The second-order valence-electron chi connectivity index (χ2n) is 7.05. The van der Waals surface area contributed by atoms with Crippen LogP contribution in [0.4, 0.5) is 11.4 Å². The predicted molar refractivity (Wildman–Crippen MR) is 122 cm³/mol. The van der Waals surface area contributed by atoms with E-state index in [-0.39, 0.29) is 23.9 Å². The van der Waals surface area contributed by atoms with Crippen molar-refractivity contribution in [2.75, 3.05) is 19.0 Å². The van der Waals surface area contributed by atoms with Crippen LogP contribution < -0.4 is 14.8 Å². The van der Waals surface area contributed by atoms with Crippen molar-refractivity contribution < 1.29 is 24.0 Å². The molecule has 0 radical (unpaired) electrons. The minimum Gasteiger partial charge on any atom is -0.493 e. The molecular weight excluding hydrogens is 428 g/mol. The Hall–Kier alpha value is -4.47. The number of ether oxygens (including phenoxy) is 2. The van der Waals surface area contributed by atoms with Gasteiger partial charge in [0.25, 0.3) is 5.91 Å². The summed E-state index contributed by atoms with van der Waals surface area (Å²) in [6.45, 7) is 1.67. The van der Waals surface area contributed by atoms with Crippen LogP contribution in [0.3, 0.4) is 0 Å². The van der Waals surface area contributed by atoms with Crippen molar-refractivity contribution >= 4 is 29.1 Å². The van der Waals surface area contributed by atoms with Crippen LogP contribution in [0.15, 0.2) is 54.7 Å². The van der Waals surface area contributed by atoms with E-state index in [4.69, 9.17) is 9.47 Å². The molecule has 0 saturated heterocycles. The summed E-state index contributed by atoms with van der Waals surface area (Å²) in [5, 5.41) is 17.7. The maximum absolute atomic E-state index is 12.4. The summed E-state index contributed by atoms with van der Waals surface area (Å²) in [4.78, 5) is 35.0. The second-order valence-corrected chi connectivity index (χ2v) is 7.05. The summed E-state index contributed by atoms with van der Waals surface area (Å²) < 4.78 is 12.1. The molecule has 0 unspecified atom stereocenters. The predicted octanol–water partition coefficient (Wildman–Crippen LogP) is 3.56. The molecule has 0 atom stereocenters. The van der Waals surface area contributed by atoms with E-state index in [0.29, 0.717) is 22.7 Å². The van der Waals surface area contributed by atoms with Crippen LogP contribution >= 0.6 is 0 Å². The number of carbonyl (C=O) groups excluding carboxylic acids is 2. The molecule has 0 fully saturated rings. The molecule has 0 saturated carbocycles. The molecule has 170 valence electrons. The molecular formula is C23H22N4O6. The Morgan fingerprint density at radius 2 is 1.97 bits per heavy atom. The minimum atomic E-state index is -0.654. The van der Waals surface area contributed by atoms with Crippen molar-refractivity contribution in [3.05, 3.63) is 81.7 Å². The van der Waals surface area contributed by atoms with Gasteiger partial charge in [0.1, 0.15) is 6.20 Å². The first kappa shape index (κ1) is 23.2. The van der Waals surface area contributed by atoms with Gasteiger partial charge in [0, 0.05) is 12.7 Å². The average molecular weight is 450 g/mol. The number of aryl methyl sites for hydroxylation is 2. The molecule has 0 aliphatic rings. The molecule has 3 aromatic rings. The van der Waals surface area contributed by atoms with Crippen LogP contribution in [-0.2, 0) is 11.8 Å². The number of aromatic nitrogens is 2. The number of anilines is 1. The van der Waals surface area contributed by atoms with Gasteiger partial charge < -0.3 is 14.8 Å². The first-order chi connectivity index (χ1) is 15.8. The summed E-state index contributed by atoms with van der Waals surface area (Å²) in [5.74, 6) is -0.217. The standard InChI is InChI=1S/C23H22N4O6/c1-15-6-4-5-7-17(15)24-22(29)14-33-20-11-9-16(12-21(20)32-3)8-10-19(28)23-18(27(30)31)13-26(2)25-23/h4-13H,14H2,1-3H3,(H,24,29)/b10-8+. The molecule has 1 heterocycles. The highest BCUT2D eigenvalue weighted by molar-refractivity contribution is 6.08. The Morgan fingerprint density at radius 3 is 2.67 bits per heavy atom. The molecule has 3 rings (SSSR count). The number of allylic oxidation sites excluding steroid dienone is 1. The van der Waals surface area contributed by atoms with Crippen LogP contribution in [0.2, 0.25) is 0 Å². The maximum Gasteiger partial charge on any atom is 0.318 e. The van der Waals surface area contributed by atoms with Crippen LogP contribution in [0.5, 0.6) is 11.5 Å². The van der Waals surface area contributed by atoms with Gasteiger partial charge in [-0.3, -0.25) is 24.4 Å². The van der Waals surface area contributed by atoms with E-state index in [1.807, 2.05) is 25.1 Å². The SMILES string of the molecule is COc1cc(/C=C/C(=O)c2nn(C)cc2[N+](=O)[O-])ccc1OCC(=O)Nc1ccccc1C. The molecule has 10 nitrogen and oxygen atoms in total. The first-order valence-corrected chi connectivity index (χ1v) is 9.85. The third kappa shape index (κ3) is 5.82. The van der Waals surface area contributed by atoms with Gasteiger partial charge >= 0.3 is 5.69 Å². The zero-order valence-electron chi connectivity index (χ0n) is 18.3. The molecule has 0 spiro atoms. The minimum absolute atomic E-state index is 0.221. The van der Waals surface area contributed by atoms with Gasteiger partial charge in [-0.05, 0) is 42.3 Å². The third-order valence-electron chi connectivity index (χ3n) is 4.63. The lowest BCUT2D eigenvalue weighted by molar-refractivity contribution is -0.385. The lowest BCUT2D eigenvalue weighted by Gasteiger charge is -2.12. The summed E-state index contributed by atoms with van der Waals surface area (Å²) >= 11 is 0. The van der Waals surface area contributed by atoms with Crippen molar-refractivity contribution in [2.45, 2.75) is 6.92 Å². The highest BCUT2D eigenvalue weighted by atomic mass is 16.6. The Kier molecular flexibility index (Phi) is 7.19. The van der Waals surface area contributed by atoms with E-state index in [1.54, 1.807) is 24.3 Å². The zero-order chi connectivity index (χ0) is 24.0. The fraction of sp³-hybridized carbons (Fsp3) is 0.174. The monoisotopic (exact) mass is 450 g/mol. The van der Waals surface area contributed by atoms with Crippen LogP contribution in [0.25, 0.3) is 6.08 Å². The number of amides is 1. The van der Waals surface area contributed by atoms with Crippen molar-refractivity contribution in [2.24, 2.45) is 7.05 Å². The average Bonchev–Trinajstić information content (AvgIpc) is 3.20. The number of carbonyl (C=O) groups is 2. The molecule has 1 N–H and O–H groups in total. The molecule has 1 aromatic heterocycles. The molecule has 1 amide bonds. The summed E-state index contributed by atoms with van der Waals surface area (Å²) in [6.07, 6.45) is 3.85. The fourth-order valence-corrected chi connectivity index (χ4v) is 2.99. The van der Waals surface area contributed by atoms with E-state index >= 15 is 0 Å². The highest BCUT2D eigenvalue weighted by Crippen LogP contribution is 2.29. The number of hydrogen-bond donors (Lipinski definition) is 1. The van der Waals surface area contributed by atoms with E-state index in [1.165, 1.54) is 37.2 Å². The molecule has 10 heteroatoms. The van der Waals surface area contributed by atoms with Crippen molar-refractivity contribution in [3.8, 4) is 11.5 Å².